The lowest BCUT2D eigenvalue weighted by Crippen LogP contribution is -2.17. The van der Waals surface area contributed by atoms with Gasteiger partial charge in [-0.25, -0.2) is 0 Å². The lowest BCUT2D eigenvalue weighted by molar-refractivity contribution is 0.319. The predicted molar refractivity (Wildman–Crippen MR) is 76.6 cm³/mol. The van der Waals surface area contributed by atoms with Crippen LogP contribution in [-0.2, 0) is 12.8 Å². The lowest BCUT2D eigenvalue weighted by atomic mass is 9.83. The van der Waals surface area contributed by atoms with Crippen LogP contribution in [0.5, 0.6) is 0 Å². The van der Waals surface area contributed by atoms with Crippen molar-refractivity contribution in [2.45, 2.75) is 63.8 Å². The SMILES string of the molecule is NC(CC1CCCCC1)c1ccc2c(c1)CCC2. The maximum Gasteiger partial charge on any atom is 0.0297 e. The van der Waals surface area contributed by atoms with Gasteiger partial charge in [0.1, 0.15) is 0 Å². The third-order valence-corrected chi connectivity index (χ3v) is 4.86. The Hall–Kier alpha value is -0.820. The van der Waals surface area contributed by atoms with Gasteiger partial charge in [-0.1, -0.05) is 50.3 Å². The number of fused-ring (bicyclic) bond motifs is 1. The number of nitrogens with two attached hydrogens (primary N) is 1. The molecule has 0 aromatic heterocycles. The third kappa shape index (κ3) is 2.61. The van der Waals surface area contributed by atoms with Crippen LogP contribution in [0.25, 0.3) is 0 Å². The average Bonchev–Trinajstić information content (AvgIpc) is 2.87. The van der Waals surface area contributed by atoms with Crippen molar-refractivity contribution in [1.82, 2.24) is 0 Å². The van der Waals surface area contributed by atoms with Crippen LogP contribution in [-0.4, -0.2) is 0 Å². The van der Waals surface area contributed by atoms with Gasteiger partial charge < -0.3 is 5.73 Å². The summed E-state index contributed by atoms with van der Waals surface area (Å²) in [4.78, 5) is 0. The van der Waals surface area contributed by atoms with Gasteiger partial charge in [0.2, 0.25) is 0 Å². The molecular weight excluding hydrogens is 218 g/mol. The summed E-state index contributed by atoms with van der Waals surface area (Å²) in [6.07, 6.45) is 12.1. The summed E-state index contributed by atoms with van der Waals surface area (Å²) in [6, 6.07) is 7.24. The van der Waals surface area contributed by atoms with Crippen molar-refractivity contribution in [2.24, 2.45) is 11.7 Å². The maximum absolute atomic E-state index is 6.42. The van der Waals surface area contributed by atoms with E-state index in [0.717, 1.165) is 5.92 Å². The Balaban J connectivity index is 1.66. The van der Waals surface area contributed by atoms with Gasteiger partial charge in [0, 0.05) is 6.04 Å². The largest absolute Gasteiger partial charge is 0.324 e. The smallest absolute Gasteiger partial charge is 0.0297 e. The monoisotopic (exact) mass is 243 g/mol. The van der Waals surface area contributed by atoms with Crippen LogP contribution >= 0.6 is 0 Å². The fraction of sp³-hybridized carbons (Fsp3) is 0.647. The Labute approximate surface area is 111 Å². The average molecular weight is 243 g/mol. The van der Waals surface area contributed by atoms with Crippen molar-refractivity contribution in [3.8, 4) is 0 Å². The van der Waals surface area contributed by atoms with Crippen LogP contribution in [0.4, 0.5) is 0 Å². The zero-order valence-corrected chi connectivity index (χ0v) is 11.3. The Bertz CT molecular complexity index is 404. The Kier molecular flexibility index (Phi) is 3.69. The summed E-state index contributed by atoms with van der Waals surface area (Å²) < 4.78 is 0. The van der Waals surface area contributed by atoms with Gasteiger partial charge in [0.05, 0.1) is 0 Å². The van der Waals surface area contributed by atoms with E-state index in [1.807, 2.05) is 0 Å². The van der Waals surface area contributed by atoms with Gasteiger partial charge in [-0.05, 0) is 48.3 Å². The van der Waals surface area contributed by atoms with Crippen LogP contribution in [0.15, 0.2) is 18.2 Å². The summed E-state index contributed by atoms with van der Waals surface area (Å²) in [6.45, 7) is 0. The molecule has 3 rings (SSSR count). The molecule has 1 aromatic rings. The zero-order valence-electron chi connectivity index (χ0n) is 11.3. The lowest BCUT2D eigenvalue weighted by Gasteiger charge is -2.25. The van der Waals surface area contributed by atoms with E-state index in [-0.39, 0.29) is 6.04 Å². The number of benzene rings is 1. The second-order valence-corrected chi connectivity index (χ2v) is 6.23. The quantitative estimate of drug-likeness (QED) is 0.848. The van der Waals surface area contributed by atoms with E-state index >= 15 is 0 Å². The highest BCUT2D eigenvalue weighted by molar-refractivity contribution is 5.36. The van der Waals surface area contributed by atoms with E-state index < -0.39 is 0 Å². The van der Waals surface area contributed by atoms with Crippen molar-refractivity contribution in [3.63, 3.8) is 0 Å². The van der Waals surface area contributed by atoms with E-state index in [1.165, 1.54) is 63.4 Å². The molecule has 1 fully saturated rings. The fourth-order valence-electron chi connectivity index (χ4n) is 3.74. The van der Waals surface area contributed by atoms with Gasteiger partial charge in [-0.2, -0.15) is 0 Å². The molecule has 2 N–H and O–H groups in total. The van der Waals surface area contributed by atoms with Crippen molar-refractivity contribution in [2.75, 3.05) is 0 Å². The molecule has 0 aliphatic heterocycles. The number of rotatable bonds is 3. The van der Waals surface area contributed by atoms with E-state index in [0.29, 0.717) is 0 Å². The van der Waals surface area contributed by atoms with Crippen molar-refractivity contribution >= 4 is 0 Å². The molecule has 0 radical (unpaired) electrons. The minimum absolute atomic E-state index is 0.263. The van der Waals surface area contributed by atoms with Crippen LogP contribution in [0, 0.1) is 5.92 Å². The molecule has 1 aromatic carbocycles. The minimum Gasteiger partial charge on any atom is -0.324 e. The molecule has 1 saturated carbocycles. The number of hydrogen-bond donors (Lipinski definition) is 1. The Morgan fingerprint density at radius 1 is 1.00 bits per heavy atom. The van der Waals surface area contributed by atoms with E-state index in [4.69, 9.17) is 5.73 Å². The highest BCUT2D eigenvalue weighted by atomic mass is 14.6. The van der Waals surface area contributed by atoms with Crippen LogP contribution in [0.2, 0.25) is 0 Å². The molecule has 0 saturated heterocycles. The first-order valence-corrected chi connectivity index (χ1v) is 7.70. The third-order valence-electron chi connectivity index (χ3n) is 4.86. The molecule has 1 atom stereocenters. The highest BCUT2D eigenvalue weighted by Gasteiger charge is 2.19. The van der Waals surface area contributed by atoms with E-state index in [9.17, 15) is 0 Å². The van der Waals surface area contributed by atoms with E-state index in [2.05, 4.69) is 18.2 Å². The van der Waals surface area contributed by atoms with Gasteiger partial charge in [-0.3, -0.25) is 0 Å². The Morgan fingerprint density at radius 2 is 1.78 bits per heavy atom. The van der Waals surface area contributed by atoms with E-state index in [1.54, 1.807) is 11.1 Å². The molecule has 2 aliphatic carbocycles. The molecule has 2 aliphatic rings. The molecule has 0 bridgehead atoms. The molecule has 98 valence electrons. The van der Waals surface area contributed by atoms with Gasteiger partial charge >= 0.3 is 0 Å². The molecule has 1 heteroatoms. The first kappa shape index (κ1) is 12.2. The zero-order chi connectivity index (χ0) is 12.4. The molecule has 0 spiro atoms. The molecule has 1 nitrogen and oxygen atoms in total. The minimum atomic E-state index is 0.263. The summed E-state index contributed by atoms with van der Waals surface area (Å²) in [5, 5.41) is 0. The number of hydrogen-bond acceptors (Lipinski definition) is 1. The standard InChI is InChI=1S/C17H25N/c18-17(11-13-5-2-1-3-6-13)16-10-9-14-7-4-8-15(14)12-16/h9-10,12-13,17H,1-8,11,18H2. The second-order valence-electron chi connectivity index (χ2n) is 6.23. The molecule has 18 heavy (non-hydrogen) atoms. The van der Waals surface area contributed by atoms with Crippen molar-refractivity contribution < 1.29 is 0 Å². The first-order chi connectivity index (χ1) is 8.83. The van der Waals surface area contributed by atoms with Gasteiger partial charge in [0.15, 0.2) is 0 Å². The summed E-state index contributed by atoms with van der Waals surface area (Å²) in [7, 11) is 0. The first-order valence-electron chi connectivity index (χ1n) is 7.70. The summed E-state index contributed by atoms with van der Waals surface area (Å²) >= 11 is 0. The van der Waals surface area contributed by atoms with Gasteiger partial charge in [0.25, 0.3) is 0 Å². The fourth-order valence-corrected chi connectivity index (χ4v) is 3.74. The van der Waals surface area contributed by atoms with Crippen molar-refractivity contribution in [3.05, 3.63) is 34.9 Å². The van der Waals surface area contributed by atoms with Crippen molar-refractivity contribution in [1.29, 1.82) is 0 Å². The maximum atomic E-state index is 6.42. The highest BCUT2D eigenvalue weighted by Crippen LogP contribution is 2.32. The predicted octanol–water partition coefficient (Wildman–Crippen LogP) is 4.15. The molecule has 1 unspecified atom stereocenters. The second kappa shape index (κ2) is 5.44. The summed E-state index contributed by atoms with van der Waals surface area (Å²) in [5.41, 5.74) is 10.9. The topological polar surface area (TPSA) is 26.0 Å². The van der Waals surface area contributed by atoms with Crippen LogP contribution < -0.4 is 5.73 Å². The summed E-state index contributed by atoms with van der Waals surface area (Å²) in [5.74, 6) is 0.877. The normalized spacial score (nSPS) is 21.8. The molecular formula is C17H25N. The van der Waals surface area contributed by atoms with Crippen LogP contribution in [0.3, 0.4) is 0 Å². The van der Waals surface area contributed by atoms with Gasteiger partial charge in [-0.15, -0.1) is 0 Å². The molecule has 0 heterocycles. The molecule has 0 amide bonds. The van der Waals surface area contributed by atoms with Crippen LogP contribution in [0.1, 0.15) is 67.7 Å². The number of aryl methyl sites for hydroxylation is 2. The Morgan fingerprint density at radius 3 is 2.61 bits per heavy atom.